The predicted octanol–water partition coefficient (Wildman–Crippen LogP) is 4.92. The van der Waals surface area contributed by atoms with Gasteiger partial charge in [-0.2, -0.15) is 18.2 Å². The van der Waals surface area contributed by atoms with Crippen molar-refractivity contribution in [2.45, 2.75) is 24.4 Å². The fourth-order valence-corrected chi connectivity index (χ4v) is 4.72. The van der Waals surface area contributed by atoms with Crippen molar-refractivity contribution in [1.82, 2.24) is 19.9 Å². The van der Waals surface area contributed by atoms with Gasteiger partial charge in [0.05, 0.1) is 24.7 Å². The van der Waals surface area contributed by atoms with Crippen LogP contribution in [0.1, 0.15) is 35.3 Å². The minimum atomic E-state index is -4.43. The maximum absolute atomic E-state index is 13.7. The number of piperidine rings is 1. The highest BCUT2D eigenvalue weighted by atomic mass is 19.4. The van der Waals surface area contributed by atoms with Crippen LogP contribution in [0, 0.1) is 5.82 Å². The van der Waals surface area contributed by atoms with Crippen LogP contribution in [0.4, 0.5) is 22.4 Å². The molecule has 190 valence electrons. The number of carbonyl (C=O) groups excluding carboxylic acids is 1. The Balaban J connectivity index is 1.42. The number of hydrogen-bond acceptors (Lipinski definition) is 5. The van der Waals surface area contributed by atoms with Crippen LogP contribution in [0.3, 0.4) is 0 Å². The number of aromatic nitrogens is 2. The number of alkyl halides is 3. The second-order valence-electron chi connectivity index (χ2n) is 9.00. The lowest BCUT2D eigenvalue weighted by molar-refractivity contribution is -0.137. The van der Waals surface area contributed by atoms with Gasteiger partial charge >= 0.3 is 12.2 Å². The van der Waals surface area contributed by atoms with Crippen LogP contribution >= 0.6 is 0 Å². The van der Waals surface area contributed by atoms with Gasteiger partial charge in [-0.3, -0.25) is 0 Å². The highest BCUT2D eigenvalue weighted by Gasteiger charge is 2.37. The Morgan fingerprint density at radius 1 is 0.972 bits per heavy atom. The fourth-order valence-electron chi connectivity index (χ4n) is 4.72. The van der Waals surface area contributed by atoms with E-state index in [1.165, 1.54) is 24.3 Å². The molecule has 2 aromatic carbocycles. The van der Waals surface area contributed by atoms with Gasteiger partial charge in [0.1, 0.15) is 5.82 Å². The minimum absolute atomic E-state index is 0.162. The first-order valence-corrected chi connectivity index (χ1v) is 11.7. The van der Waals surface area contributed by atoms with Gasteiger partial charge in [0.2, 0.25) is 11.7 Å². The van der Waals surface area contributed by atoms with E-state index in [4.69, 9.17) is 9.26 Å². The lowest BCUT2D eigenvalue weighted by Gasteiger charge is -2.40. The van der Waals surface area contributed by atoms with E-state index < -0.39 is 17.6 Å². The molecule has 11 heteroatoms. The zero-order chi connectivity index (χ0) is 25.3. The predicted molar refractivity (Wildman–Crippen MR) is 121 cm³/mol. The lowest BCUT2D eigenvalue weighted by Crippen LogP contribution is -2.52. The van der Waals surface area contributed by atoms with E-state index in [-0.39, 0.29) is 23.7 Å². The van der Waals surface area contributed by atoms with Gasteiger partial charge in [0.25, 0.3) is 0 Å². The van der Waals surface area contributed by atoms with Crippen LogP contribution < -0.4 is 0 Å². The first kappa shape index (κ1) is 24.2. The maximum Gasteiger partial charge on any atom is 0.416 e. The first-order chi connectivity index (χ1) is 17.3. The molecule has 0 bridgehead atoms. The summed E-state index contributed by atoms with van der Waals surface area (Å²) in [5.74, 6) is -0.481. The molecule has 0 aliphatic carbocycles. The molecule has 2 fully saturated rings. The first-order valence-electron chi connectivity index (χ1n) is 11.7. The van der Waals surface area contributed by atoms with Crippen molar-refractivity contribution >= 4 is 6.03 Å². The summed E-state index contributed by atoms with van der Waals surface area (Å²) in [6.45, 7) is 2.50. The Morgan fingerprint density at radius 2 is 1.69 bits per heavy atom. The molecule has 2 unspecified atom stereocenters. The van der Waals surface area contributed by atoms with Crippen LogP contribution in [-0.2, 0) is 10.9 Å². The van der Waals surface area contributed by atoms with Gasteiger partial charge in [0.15, 0.2) is 0 Å². The second kappa shape index (κ2) is 9.88. The van der Waals surface area contributed by atoms with Crippen LogP contribution in [0.15, 0.2) is 53.1 Å². The third-order valence-corrected chi connectivity index (χ3v) is 6.59. The van der Waals surface area contributed by atoms with E-state index in [0.29, 0.717) is 62.8 Å². The Bertz CT molecular complexity index is 1210. The van der Waals surface area contributed by atoms with Crippen LogP contribution in [0.5, 0.6) is 0 Å². The summed E-state index contributed by atoms with van der Waals surface area (Å²) in [6, 6.07) is 10.7. The number of benzene rings is 2. The summed E-state index contributed by atoms with van der Waals surface area (Å²) in [6.07, 6.45) is -3.92. The minimum Gasteiger partial charge on any atom is -0.378 e. The molecule has 7 nitrogen and oxygen atoms in total. The lowest BCUT2D eigenvalue weighted by atomic mass is 9.84. The summed E-state index contributed by atoms with van der Waals surface area (Å²) < 4.78 is 63.7. The standard InChI is InChI=1S/C25H24F4N4O3/c26-21-3-1-2-17(13-21)22-30-23(36-31-22)19-12-18(16-4-6-20(7-5-16)25(27,28)29)14-33(15-19)24(34)32-8-10-35-11-9-32/h1-7,13,18-19H,8-12,14-15H2. The molecule has 2 aliphatic heterocycles. The van der Waals surface area contributed by atoms with Gasteiger partial charge in [0, 0.05) is 37.7 Å². The smallest absolute Gasteiger partial charge is 0.378 e. The second-order valence-corrected chi connectivity index (χ2v) is 9.00. The molecule has 2 atom stereocenters. The number of rotatable bonds is 3. The summed E-state index contributed by atoms with van der Waals surface area (Å²) >= 11 is 0. The monoisotopic (exact) mass is 504 g/mol. The van der Waals surface area contributed by atoms with Crippen molar-refractivity contribution in [3.05, 3.63) is 71.4 Å². The molecule has 0 radical (unpaired) electrons. The van der Waals surface area contributed by atoms with Crippen molar-refractivity contribution < 1.29 is 31.6 Å². The number of nitrogens with zero attached hydrogens (tertiary/aromatic N) is 4. The molecule has 3 aromatic rings. The SMILES string of the molecule is O=C(N1CCOCC1)N1CC(c2ccc(C(F)(F)F)cc2)CC(c2nc(-c3cccc(F)c3)no2)C1. The molecule has 2 amide bonds. The number of urea groups is 1. The molecule has 0 spiro atoms. The number of carbonyl (C=O) groups is 1. The average molecular weight is 504 g/mol. The van der Waals surface area contributed by atoms with Gasteiger partial charge in [-0.25, -0.2) is 9.18 Å². The summed E-state index contributed by atoms with van der Waals surface area (Å²) in [5.41, 5.74) is 0.426. The Morgan fingerprint density at radius 3 is 2.39 bits per heavy atom. The van der Waals surface area contributed by atoms with Crippen molar-refractivity contribution in [2.75, 3.05) is 39.4 Å². The number of ether oxygens (including phenoxy) is 1. The topological polar surface area (TPSA) is 71.7 Å². The largest absolute Gasteiger partial charge is 0.416 e. The normalized spacial score (nSPS) is 21.0. The molecular weight excluding hydrogens is 480 g/mol. The number of hydrogen-bond donors (Lipinski definition) is 0. The van der Waals surface area contributed by atoms with Crippen LogP contribution in [0.2, 0.25) is 0 Å². The van der Waals surface area contributed by atoms with E-state index in [1.54, 1.807) is 21.9 Å². The van der Waals surface area contributed by atoms with E-state index in [2.05, 4.69) is 10.1 Å². The van der Waals surface area contributed by atoms with Crippen molar-refractivity contribution in [3.63, 3.8) is 0 Å². The quantitative estimate of drug-likeness (QED) is 0.474. The average Bonchev–Trinajstić information content (AvgIpc) is 3.39. The maximum atomic E-state index is 13.7. The number of morpholine rings is 1. The molecule has 36 heavy (non-hydrogen) atoms. The van der Waals surface area contributed by atoms with E-state index in [0.717, 1.165) is 12.1 Å². The molecule has 0 saturated carbocycles. The summed E-state index contributed by atoms with van der Waals surface area (Å²) in [7, 11) is 0. The molecule has 2 saturated heterocycles. The number of halogens is 4. The van der Waals surface area contributed by atoms with Crippen LogP contribution in [0.25, 0.3) is 11.4 Å². The molecule has 1 aromatic heterocycles. The van der Waals surface area contributed by atoms with Crippen molar-refractivity contribution in [2.24, 2.45) is 0 Å². The molecule has 5 rings (SSSR count). The summed E-state index contributed by atoms with van der Waals surface area (Å²) in [4.78, 5) is 21.2. The van der Waals surface area contributed by atoms with E-state index >= 15 is 0 Å². The van der Waals surface area contributed by atoms with Crippen molar-refractivity contribution in [1.29, 1.82) is 0 Å². The Hall–Kier alpha value is -3.47. The Labute approximate surface area is 204 Å². The fraction of sp³-hybridized carbons (Fsp3) is 0.400. The molecular formula is C25H24F4N4O3. The molecule has 2 aliphatic rings. The van der Waals surface area contributed by atoms with E-state index in [9.17, 15) is 22.4 Å². The van der Waals surface area contributed by atoms with E-state index in [1.807, 2.05) is 0 Å². The van der Waals surface area contributed by atoms with Crippen LogP contribution in [-0.4, -0.2) is 65.4 Å². The highest BCUT2D eigenvalue weighted by molar-refractivity contribution is 5.75. The third kappa shape index (κ3) is 5.20. The third-order valence-electron chi connectivity index (χ3n) is 6.59. The summed E-state index contributed by atoms with van der Waals surface area (Å²) in [5, 5.41) is 3.99. The van der Waals surface area contributed by atoms with Gasteiger partial charge in [-0.15, -0.1) is 0 Å². The number of likely N-dealkylation sites (tertiary alicyclic amines) is 1. The highest BCUT2D eigenvalue weighted by Crippen LogP contribution is 2.38. The number of amides is 2. The molecule has 3 heterocycles. The molecule has 0 N–H and O–H groups in total. The van der Waals surface area contributed by atoms with Crippen molar-refractivity contribution in [3.8, 4) is 11.4 Å². The van der Waals surface area contributed by atoms with Gasteiger partial charge in [-0.1, -0.05) is 29.4 Å². The van der Waals surface area contributed by atoms with Gasteiger partial charge in [-0.05, 0) is 36.2 Å². The Kier molecular flexibility index (Phi) is 6.65. The zero-order valence-corrected chi connectivity index (χ0v) is 19.2. The van der Waals surface area contributed by atoms with Gasteiger partial charge < -0.3 is 19.1 Å². The zero-order valence-electron chi connectivity index (χ0n) is 19.2.